The van der Waals surface area contributed by atoms with Crippen LogP contribution in [0.5, 0.6) is 0 Å². The lowest BCUT2D eigenvalue weighted by Gasteiger charge is -2.14. The summed E-state index contributed by atoms with van der Waals surface area (Å²) < 4.78 is 14.3. The lowest BCUT2D eigenvalue weighted by Crippen LogP contribution is -2.27. The molecule has 1 unspecified atom stereocenters. The summed E-state index contributed by atoms with van der Waals surface area (Å²) in [5.74, 6) is -0.950. The predicted molar refractivity (Wildman–Crippen MR) is 76.4 cm³/mol. The van der Waals surface area contributed by atoms with E-state index in [2.05, 4.69) is 21.2 Å². The summed E-state index contributed by atoms with van der Waals surface area (Å²) in [6.07, 6.45) is 0. The van der Waals surface area contributed by atoms with E-state index in [0.29, 0.717) is 4.47 Å². The Morgan fingerprint density at radius 3 is 2.53 bits per heavy atom. The Morgan fingerprint density at radius 1 is 1.21 bits per heavy atom. The smallest absolute Gasteiger partial charge is 0.254 e. The summed E-state index contributed by atoms with van der Waals surface area (Å²) in [7, 11) is 0. The Kier molecular flexibility index (Phi) is 4.32. The van der Waals surface area contributed by atoms with E-state index in [4.69, 9.17) is 0 Å². The molecule has 0 heterocycles. The van der Waals surface area contributed by atoms with Gasteiger partial charge in [-0.3, -0.25) is 4.79 Å². The molecular weight excluding hydrogens is 309 g/mol. The number of amides is 1. The number of benzene rings is 2. The zero-order chi connectivity index (χ0) is 13.8. The third-order valence-corrected chi connectivity index (χ3v) is 3.32. The Labute approximate surface area is 119 Å². The van der Waals surface area contributed by atoms with Gasteiger partial charge in [-0.15, -0.1) is 0 Å². The molecular formula is C15H13BrFNO. The number of halogens is 2. The summed E-state index contributed by atoms with van der Waals surface area (Å²) in [5, 5.41) is 2.78. The van der Waals surface area contributed by atoms with E-state index in [1.165, 1.54) is 12.1 Å². The molecule has 4 heteroatoms. The van der Waals surface area contributed by atoms with E-state index >= 15 is 0 Å². The molecule has 19 heavy (non-hydrogen) atoms. The lowest BCUT2D eigenvalue weighted by molar-refractivity contribution is 0.0936. The van der Waals surface area contributed by atoms with Gasteiger partial charge in [-0.2, -0.15) is 0 Å². The first-order valence-corrected chi connectivity index (χ1v) is 6.68. The summed E-state index contributed by atoms with van der Waals surface area (Å²) in [6, 6.07) is 13.8. The summed E-state index contributed by atoms with van der Waals surface area (Å²) >= 11 is 3.16. The quantitative estimate of drug-likeness (QED) is 0.906. The van der Waals surface area contributed by atoms with Gasteiger partial charge in [0.25, 0.3) is 5.91 Å². The largest absolute Gasteiger partial charge is 0.345 e. The van der Waals surface area contributed by atoms with E-state index in [-0.39, 0.29) is 11.6 Å². The van der Waals surface area contributed by atoms with Crippen LogP contribution in [0.4, 0.5) is 4.39 Å². The van der Waals surface area contributed by atoms with Crippen LogP contribution in [0.2, 0.25) is 0 Å². The van der Waals surface area contributed by atoms with Gasteiger partial charge in [0.15, 0.2) is 0 Å². The van der Waals surface area contributed by atoms with Gasteiger partial charge in [-0.1, -0.05) is 46.3 Å². The number of rotatable bonds is 3. The molecule has 2 nitrogen and oxygen atoms in total. The van der Waals surface area contributed by atoms with E-state index in [1.807, 2.05) is 37.3 Å². The first-order chi connectivity index (χ1) is 9.08. The second kappa shape index (κ2) is 5.97. The van der Waals surface area contributed by atoms with Crippen LogP contribution >= 0.6 is 15.9 Å². The SMILES string of the molecule is CC(NC(=O)c1ccc(Br)cc1F)c1ccccc1. The molecule has 98 valence electrons. The average molecular weight is 322 g/mol. The number of carbonyl (C=O) groups is 1. The Hall–Kier alpha value is -1.68. The monoisotopic (exact) mass is 321 g/mol. The second-order valence-corrected chi connectivity index (χ2v) is 5.15. The molecule has 1 N–H and O–H groups in total. The van der Waals surface area contributed by atoms with Gasteiger partial charge in [0.1, 0.15) is 5.82 Å². The van der Waals surface area contributed by atoms with Crippen LogP contribution in [0.15, 0.2) is 53.0 Å². The molecule has 0 aliphatic rings. The third-order valence-electron chi connectivity index (χ3n) is 2.82. The predicted octanol–water partition coefficient (Wildman–Crippen LogP) is 4.08. The maximum absolute atomic E-state index is 13.7. The molecule has 0 aromatic heterocycles. The molecule has 0 bridgehead atoms. The van der Waals surface area contributed by atoms with Gasteiger partial charge in [-0.25, -0.2) is 4.39 Å². The third kappa shape index (κ3) is 3.41. The minimum absolute atomic E-state index is 0.0472. The molecule has 0 aliphatic heterocycles. The van der Waals surface area contributed by atoms with Crippen LogP contribution in [-0.4, -0.2) is 5.91 Å². The minimum Gasteiger partial charge on any atom is -0.345 e. The Morgan fingerprint density at radius 2 is 1.89 bits per heavy atom. The Balaban J connectivity index is 2.13. The minimum atomic E-state index is -0.535. The highest BCUT2D eigenvalue weighted by molar-refractivity contribution is 9.10. The van der Waals surface area contributed by atoms with Gasteiger partial charge in [0.05, 0.1) is 11.6 Å². The lowest BCUT2D eigenvalue weighted by atomic mass is 10.1. The van der Waals surface area contributed by atoms with Crippen LogP contribution < -0.4 is 5.32 Å². The van der Waals surface area contributed by atoms with E-state index in [9.17, 15) is 9.18 Å². The van der Waals surface area contributed by atoms with Crippen molar-refractivity contribution >= 4 is 21.8 Å². The fourth-order valence-electron chi connectivity index (χ4n) is 1.77. The summed E-state index contributed by atoms with van der Waals surface area (Å²) in [6.45, 7) is 1.87. The maximum Gasteiger partial charge on any atom is 0.254 e. The molecule has 1 atom stereocenters. The molecule has 0 fully saturated rings. The van der Waals surface area contributed by atoms with Crippen LogP contribution in [0.25, 0.3) is 0 Å². The summed E-state index contributed by atoms with van der Waals surface area (Å²) in [4.78, 5) is 12.0. The van der Waals surface area contributed by atoms with Crippen molar-refractivity contribution in [3.05, 3.63) is 69.9 Å². The zero-order valence-corrected chi connectivity index (χ0v) is 11.9. The second-order valence-electron chi connectivity index (χ2n) is 4.23. The molecule has 2 rings (SSSR count). The van der Waals surface area contributed by atoms with Crippen LogP contribution in [0.3, 0.4) is 0 Å². The zero-order valence-electron chi connectivity index (χ0n) is 10.4. The van der Waals surface area contributed by atoms with Crippen molar-refractivity contribution in [2.24, 2.45) is 0 Å². The topological polar surface area (TPSA) is 29.1 Å². The molecule has 0 saturated carbocycles. The van der Waals surface area contributed by atoms with Gasteiger partial charge < -0.3 is 5.32 Å². The first-order valence-electron chi connectivity index (χ1n) is 5.89. The molecule has 2 aromatic rings. The number of hydrogen-bond acceptors (Lipinski definition) is 1. The van der Waals surface area contributed by atoms with Crippen LogP contribution in [0, 0.1) is 5.82 Å². The molecule has 0 spiro atoms. The van der Waals surface area contributed by atoms with Crippen molar-refractivity contribution in [2.45, 2.75) is 13.0 Å². The highest BCUT2D eigenvalue weighted by Crippen LogP contribution is 2.17. The van der Waals surface area contributed by atoms with Crippen molar-refractivity contribution in [3.8, 4) is 0 Å². The van der Waals surface area contributed by atoms with E-state index in [1.54, 1.807) is 6.07 Å². The van der Waals surface area contributed by atoms with Crippen molar-refractivity contribution in [3.63, 3.8) is 0 Å². The van der Waals surface area contributed by atoms with Gasteiger partial charge in [0.2, 0.25) is 0 Å². The normalized spacial score (nSPS) is 11.9. The van der Waals surface area contributed by atoms with Crippen molar-refractivity contribution in [2.75, 3.05) is 0 Å². The van der Waals surface area contributed by atoms with Crippen molar-refractivity contribution in [1.82, 2.24) is 5.32 Å². The van der Waals surface area contributed by atoms with Crippen LogP contribution in [-0.2, 0) is 0 Å². The fourth-order valence-corrected chi connectivity index (χ4v) is 2.11. The first kappa shape index (κ1) is 13.7. The van der Waals surface area contributed by atoms with Gasteiger partial charge in [0, 0.05) is 4.47 Å². The molecule has 0 saturated heterocycles. The van der Waals surface area contributed by atoms with Crippen molar-refractivity contribution < 1.29 is 9.18 Å². The molecule has 0 aliphatic carbocycles. The average Bonchev–Trinajstić information content (AvgIpc) is 2.39. The number of hydrogen-bond donors (Lipinski definition) is 1. The van der Waals surface area contributed by atoms with Crippen molar-refractivity contribution in [1.29, 1.82) is 0 Å². The molecule has 1 amide bonds. The van der Waals surface area contributed by atoms with E-state index < -0.39 is 11.7 Å². The van der Waals surface area contributed by atoms with Gasteiger partial charge >= 0.3 is 0 Å². The molecule has 2 aromatic carbocycles. The fraction of sp³-hybridized carbons (Fsp3) is 0.133. The van der Waals surface area contributed by atoms with Crippen LogP contribution in [0.1, 0.15) is 28.9 Å². The van der Waals surface area contributed by atoms with Gasteiger partial charge in [-0.05, 0) is 30.7 Å². The standard InChI is InChI=1S/C15H13BrFNO/c1-10(11-5-3-2-4-6-11)18-15(19)13-8-7-12(16)9-14(13)17/h2-10H,1H3,(H,18,19). The molecule has 0 radical (unpaired) electrons. The Bertz CT molecular complexity index is 586. The summed E-state index contributed by atoms with van der Waals surface area (Å²) in [5.41, 5.74) is 1.03. The number of nitrogens with one attached hydrogen (secondary N) is 1. The maximum atomic E-state index is 13.7. The highest BCUT2D eigenvalue weighted by atomic mass is 79.9. The number of carbonyl (C=O) groups excluding carboxylic acids is 1. The highest BCUT2D eigenvalue weighted by Gasteiger charge is 2.15. The van der Waals surface area contributed by atoms with E-state index in [0.717, 1.165) is 5.56 Å².